The van der Waals surface area contributed by atoms with E-state index in [4.69, 9.17) is 15.6 Å². The summed E-state index contributed by atoms with van der Waals surface area (Å²) >= 11 is 0. The summed E-state index contributed by atoms with van der Waals surface area (Å²) in [6.45, 7) is -0.612. The van der Waals surface area contributed by atoms with Crippen molar-refractivity contribution in [2.45, 2.75) is 31.9 Å². The number of nitrogens with one attached hydrogen (secondary N) is 4. The third kappa shape index (κ3) is 5.24. The zero-order chi connectivity index (χ0) is 24.5. The van der Waals surface area contributed by atoms with Crippen LogP contribution in [0, 0.1) is 33.5 Å². The van der Waals surface area contributed by atoms with Crippen LogP contribution in [0.1, 0.15) is 36.3 Å². The molecule has 1 saturated carbocycles. The zero-order valence-corrected chi connectivity index (χ0v) is 18.0. The molecule has 14 heteroatoms. The molecule has 0 atom stereocenters. The minimum Gasteiger partial charge on any atom is -0.462 e. The summed E-state index contributed by atoms with van der Waals surface area (Å²) in [4.78, 5) is 26.2. The van der Waals surface area contributed by atoms with E-state index in [1.807, 2.05) is 0 Å². The van der Waals surface area contributed by atoms with Gasteiger partial charge in [0.25, 0.3) is 5.91 Å². The number of amides is 1. The Morgan fingerprint density at radius 3 is 2.56 bits per heavy atom. The first-order valence-corrected chi connectivity index (χ1v) is 10.6. The molecule has 1 aliphatic carbocycles. The first-order valence-electron chi connectivity index (χ1n) is 10.6. The lowest BCUT2D eigenvalue weighted by Gasteiger charge is -2.32. The molecule has 2 aliphatic heterocycles. The smallest absolute Gasteiger partial charge is 0.405 e. The summed E-state index contributed by atoms with van der Waals surface area (Å²) in [7, 11) is 0. The number of nitrogens with zero attached hydrogens (tertiary/aromatic N) is 5. The molecule has 0 radical (unpaired) electrons. The number of hydrogen-bond donors (Lipinski definition) is 4. The minimum atomic E-state index is -4.59. The molecule has 3 heterocycles. The Balaban J connectivity index is 1.49. The van der Waals surface area contributed by atoms with E-state index >= 15 is 0 Å². The molecular formula is C20H22F3N9O2. The average Bonchev–Trinajstić information content (AvgIpc) is 3.53. The summed E-state index contributed by atoms with van der Waals surface area (Å²) in [5, 5.41) is 29.4. The van der Waals surface area contributed by atoms with Gasteiger partial charge in [0, 0.05) is 24.9 Å². The lowest BCUT2D eigenvalue weighted by molar-refractivity contribution is -0.123. The van der Waals surface area contributed by atoms with Crippen LogP contribution < -0.4 is 20.3 Å². The second kappa shape index (κ2) is 8.88. The van der Waals surface area contributed by atoms with Crippen LogP contribution >= 0.6 is 0 Å². The molecule has 2 fully saturated rings. The molecule has 0 spiro atoms. The summed E-state index contributed by atoms with van der Waals surface area (Å²) < 4.78 is 43.1. The molecule has 0 aromatic carbocycles. The zero-order valence-electron chi connectivity index (χ0n) is 18.0. The van der Waals surface area contributed by atoms with Crippen molar-refractivity contribution in [3.05, 3.63) is 17.6 Å². The van der Waals surface area contributed by atoms with E-state index in [0.717, 1.165) is 5.57 Å². The Morgan fingerprint density at radius 2 is 2.00 bits per heavy atom. The number of amidine groups is 1. The van der Waals surface area contributed by atoms with Gasteiger partial charge in [-0.3, -0.25) is 15.6 Å². The fourth-order valence-corrected chi connectivity index (χ4v) is 3.71. The number of carbonyl (C=O) groups excluding carboxylic acids is 1. The van der Waals surface area contributed by atoms with Gasteiger partial charge in [0.1, 0.15) is 24.7 Å². The van der Waals surface area contributed by atoms with Crippen LogP contribution in [0.15, 0.2) is 11.8 Å². The Morgan fingerprint density at radius 1 is 1.29 bits per heavy atom. The van der Waals surface area contributed by atoms with E-state index in [1.165, 1.54) is 0 Å². The Kier molecular flexibility index (Phi) is 6.11. The van der Waals surface area contributed by atoms with Gasteiger partial charge in [-0.2, -0.15) is 33.4 Å². The number of nitriles is 1. The lowest BCUT2D eigenvalue weighted by Crippen LogP contribution is -2.38. The van der Waals surface area contributed by atoms with Crippen molar-refractivity contribution in [3.8, 4) is 12.1 Å². The maximum atomic E-state index is 12.5. The second-order valence-electron chi connectivity index (χ2n) is 8.48. The van der Waals surface area contributed by atoms with Crippen molar-refractivity contribution in [1.82, 2.24) is 25.6 Å². The van der Waals surface area contributed by atoms with E-state index in [2.05, 4.69) is 26.3 Å². The first-order chi connectivity index (χ1) is 16.1. The number of ether oxygens (including phenoxy) is 1. The van der Waals surface area contributed by atoms with Crippen LogP contribution in [0.25, 0.3) is 0 Å². The fraction of sp³-hybridized carbons (Fsp3) is 0.550. The van der Waals surface area contributed by atoms with Crippen molar-refractivity contribution >= 4 is 23.4 Å². The molecule has 4 N–H and O–H groups in total. The third-order valence-corrected chi connectivity index (χ3v) is 5.95. The highest BCUT2D eigenvalue weighted by atomic mass is 19.4. The normalized spacial score (nSPS) is 19.8. The number of anilines is 1. The van der Waals surface area contributed by atoms with Crippen molar-refractivity contribution in [2.24, 2.45) is 11.3 Å². The van der Waals surface area contributed by atoms with E-state index in [-0.39, 0.29) is 36.0 Å². The van der Waals surface area contributed by atoms with E-state index in [1.54, 1.807) is 16.4 Å². The molecule has 1 aromatic rings. The van der Waals surface area contributed by atoms with Gasteiger partial charge in [-0.1, -0.05) is 0 Å². The van der Waals surface area contributed by atoms with Gasteiger partial charge in [0.2, 0.25) is 11.8 Å². The van der Waals surface area contributed by atoms with Crippen LogP contribution in [0.5, 0.6) is 6.01 Å². The summed E-state index contributed by atoms with van der Waals surface area (Å²) in [6, 6.07) is 1.93. The van der Waals surface area contributed by atoms with Gasteiger partial charge in [-0.15, -0.1) is 0 Å². The van der Waals surface area contributed by atoms with Crippen LogP contribution in [0.4, 0.5) is 19.1 Å². The van der Waals surface area contributed by atoms with Crippen molar-refractivity contribution in [3.63, 3.8) is 0 Å². The fourth-order valence-electron chi connectivity index (χ4n) is 3.71. The minimum absolute atomic E-state index is 0.00780. The largest absolute Gasteiger partial charge is 0.462 e. The van der Waals surface area contributed by atoms with E-state index in [0.29, 0.717) is 38.8 Å². The Bertz CT molecular complexity index is 1080. The molecule has 1 saturated heterocycles. The van der Waals surface area contributed by atoms with Crippen LogP contribution in [0.2, 0.25) is 0 Å². The predicted octanol–water partition coefficient (Wildman–Crippen LogP) is 1.55. The van der Waals surface area contributed by atoms with Crippen LogP contribution in [-0.2, 0) is 0 Å². The Hall–Kier alpha value is -3.76. The number of piperidine rings is 1. The molecule has 1 amide bonds. The summed E-state index contributed by atoms with van der Waals surface area (Å²) in [5.41, 5.74) is 0.276. The number of carbonyl (C=O) groups is 1. The number of rotatable bonds is 7. The van der Waals surface area contributed by atoms with Gasteiger partial charge in [-0.05, 0) is 31.6 Å². The SMILES string of the molecule is N#CC1(COc2nc(C(=O)NCC(F)(F)F)nc(N3CCC(C4=CNC(=N)C4=N)CC3)n2)CC1. The number of hydrogen-bond acceptors (Lipinski definition) is 9. The molecule has 11 nitrogen and oxygen atoms in total. The number of alkyl halides is 3. The van der Waals surface area contributed by atoms with E-state index < -0.39 is 29.9 Å². The summed E-state index contributed by atoms with van der Waals surface area (Å²) in [6.07, 6.45) is -0.371. The topological polar surface area (TPSA) is 164 Å². The molecule has 1 aromatic heterocycles. The van der Waals surface area contributed by atoms with Gasteiger partial charge >= 0.3 is 12.2 Å². The van der Waals surface area contributed by atoms with Crippen LogP contribution in [0.3, 0.4) is 0 Å². The number of aromatic nitrogens is 3. The highest BCUT2D eigenvalue weighted by molar-refractivity contribution is 6.47. The molecular weight excluding hydrogens is 455 g/mol. The molecule has 3 aliphatic rings. The maximum absolute atomic E-state index is 12.5. The highest BCUT2D eigenvalue weighted by Gasteiger charge is 2.44. The van der Waals surface area contributed by atoms with Gasteiger partial charge in [0.15, 0.2) is 0 Å². The molecule has 0 unspecified atom stereocenters. The molecule has 4 rings (SSSR count). The van der Waals surface area contributed by atoms with Gasteiger partial charge in [-0.25, -0.2) is 0 Å². The van der Waals surface area contributed by atoms with E-state index in [9.17, 15) is 23.2 Å². The maximum Gasteiger partial charge on any atom is 0.405 e. The second-order valence-corrected chi connectivity index (χ2v) is 8.48. The first kappa shape index (κ1) is 23.4. The average molecular weight is 477 g/mol. The predicted molar refractivity (Wildman–Crippen MR) is 113 cm³/mol. The molecule has 34 heavy (non-hydrogen) atoms. The lowest BCUT2D eigenvalue weighted by atomic mass is 9.88. The highest BCUT2D eigenvalue weighted by Crippen LogP contribution is 2.44. The third-order valence-electron chi connectivity index (χ3n) is 5.95. The quantitative estimate of drug-likeness (QED) is 0.459. The van der Waals surface area contributed by atoms with Crippen molar-refractivity contribution in [1.29, 1.82) is 16.1 Å². The van der Waals surface area contributed by atoms with Gasteiger partial charge in [0.05, 0.1) is 11.5 Å². The van der Waals surface area contributed by atoms with Crippen molar-refractivity contribution < 1.29 is 22.7 Å². The van der Waals surface area contributed by atoms with Crippen LogP contribution in [-0.4, -0.2) is 64.8 Å². The number of halogens is 3. The molecule has 0 bridgehead atoms. The monoisotopic (exact) mass is 477 g/mol. The summed E-state index contributed by atoms with van der Waals surface area (Å²) in [5.74, 6) is -1.43. The van der Waals surface area contributed by atoms with Gasteiger partial charge < -0.3 is 20.3 Å². The Labute approximate surface area is 192 Å². The molecule has 180 valence electrons. The van der Waals surface area contributed by atoms with Crippen molar-refractivity contribution in [2.75, 3.05) is 31.1 Å². The standard InChI is InChI=1S/C20H22F3N9O2/c21-20(22,23)9-28-16(33)15-29-17(31-18(30-15)34-10-19(8-24)3-4-19)32-5-1-11(2-6-32)12-7-27-14(26)13(12)25/h7,11H,1-6,9-10H2,(H,28,33)(H3,25,26,27).